The first kappa shape index (κ1) is 16.0. The molecule has 1 amide bonds. The van der Waals surface area contributed by atoms with Gasteiger partial charge in [0.1, 0.15) is 6.54 Å². The first-order valence-electron chi connectivity index (χ1n) is 5.52. The van der Waals surface area contributed by atoms with Gasteiger partial charge in [-0.1, -0.05) is 0 Å². The summed E-state index contributed by atoms with van der Waals surface area (Å²) in [4.78, 5) is 23.4. The average molecular weight is 291 g/mol. The van der Waals surface area contributed by atoms with Crippen molar-refractivity contribution in [3.8, 4) is 0 Å². The van der Waals surface area contributed by atoms with E-state index in [0.29, 0.717) is 6.07 Å². The molecule has 0 radical (unpaired) electrons. The quantitative estimate of drug-likeness (QED) is 0.802. The lowest BCUT2D eigenvalue weighted by Gasteiger charge is -2.20. The molecule has 0 spiro atoms. The Hall–Kier alpha value is -2.09. The van der Waals surface area contributed by atoms with Crippen molar-refractivity contribution in [1.82, 2.24) is 4.90 Å². The second-order valence-corrected chi connectivity index (χ2v) is 3.84. The molecule has 0 heterocycles. The number of benzene rings is 1. The molecule has 0 saturated carbocycles. The van der Waals surface area contributed by atoms with Crippen LogP contribution in [-0.4, -0.2) is 48.7 Å². The van der Waals surface area contributed by atoms with Gasteiger partial charge < -0.3 is 14.7 Å². The summed E-state index contributed by atoms with van der Waals surface area (Å²) < 4.78 is 44.0. The summed E-state index contributed by atoms with van der Waals surface area (Å²) >= 11 is 0. The van der Waals surface area contributed by atoms with Crippen molar-refractivity contribution in [3.05, 3.63) is 35.1 Å². The van der Waals surface area contributed by atoms with Crippen molar-refractivity contribution >= 4 is 11.9 Å². The van der Waals surface area contributed by atoms with Crippen LogP contribution in [-0.2, 0) is 9.53 Å². The molecule has 1 N–H and O–H groups in total. The van der Waals surface area contributed by atoms with Gasteiger partial charge in [0.2, 0.25) is 0 Å². The smallest absolute Gasteiger partial charge is 0.323 e. The molecular formula is C12H12F3NO4. The Balaban J connectivity index is 3.05. The number of carboxylic acid groups (broad SMARTS) is 1. The number of carbonyl (C=O) groups is 2. The third-order valence-corrected chi connectivity index (χ3v) is 2.44. The SMILES string of the molecule is COCCN(CC(=O)O)C(=O)c1ccc(F)c(F)c1F. The van der Waals surface area contributed by atoms with E-state index in [-0.39, 0.29) is 13.2 Å². The Morgan fingerprint density at radius 1 is 1.25 bits per heavy atom. The summed E-state index contributed by atoms with van der Waals surface area (Å²) in [5.41, 5.74) is -0.735. The Morgan fingerprint density at radius 2 is 1.90 bits per heavy atom. The highest BCUT2D eigenvalue weighted by atomic mass is 19.2. The van der Waals surface area contributed by atoms with Crippen LogP contribution in [0.5, 0.6) is 0 Å². The molecule has 1 rings (SSSR count). The topological polar surface area (TPSA) is 66.8 Å². The Labute approximate surface area is 112 Å². The van der Waals surface area contributed by atoms with Crippen molar-refractivity contribution in [2.24, 2.45) is 0 Å². The van der Waals surface area contributed by atoms with Crippen LogP contribution < -0.4 is 0 Å². The number of ether oxygens (including phenoxy) is 1. The second-order valence-electron chi connectivity index (χ2n) is 3.84. The molecule has 0 aliphatic carbocycles. The summed E-state index contributed by atoms with van der Waals surface area (Å²) in [6.07, 6.45) is 0. The van der Waals surface area contributed by atoms with E-state index < -0.39 is 41.4 Å². The molecule has 0 aliphatic rings. The van der Waals surface area contributed by atoms with Gasteiger partial charge in [0.15, 0.2) is 17.5 Å². The molecule has 0 aromatic heterocycles. The predicted molar refractivity (Wildman–Crippen MR) is 61.7 cm³/mol. The zero-order valence-electron chi connectivity index (χ0n) is 10.5. The van der Waals surface area contributed by atoms with Crippen molar-refractivity contribution in [1.29, 1.82) is 0 Å². The minimum atomic E-state index is -1.78. The highest BCUT2D eigenvalue weighted by Gasteiger charge is 2.24. The number of hydrogen-bond acceptors (Lipinski definition) is 3. The minimum absolute atomic E-state index is 0.0182. The number of methoxy groups -OCH3 is 1. The molecule has 8 heteroatoms. The number of rotatable bonds is 6. The van der Waals surface area contributed by atoms with Crippen LogP contribution in [0.4, 0.5) is 13.2 Å². The minimum Gasteiger partial charge on any atom is -0.480 e. The summed E-state index contributed by atoms with van der Waals surface area (Å²) in [6.45, 7) is -0.814. The monoisotopic (exact) mass is 291 g/mol. The first-order chi connectivity index (χ1) is 9.38. The highest BCUT2D eigenvalue weighted by molar-refractivity contribution is 5.96. The van der Waals surface area contributed by atoms with Crippen LogP contribution in [0.2, 0.25) is 0 Å². The number of amides is 1. The van der Waals surface area contributed by atoms with Crippen LogP contribution in [0.15, 0.2) is 12.1 Å². The number of carboxylic acids is 1. The van der Waals surface area contributed by atoms with E-state index in [4.69, 9.17) is 9.84 Å². The van der Waals surface area contributed by atoms with Crippen LogP contribution in [0.1, 0.15) is 10.4 Å². The Kier molecular flexibility index (Phi) is 5.51. The second kappa shape index (κ2) is 6.90. The largest absolute Gasteiger partial charge is 0.480 e. The van der Waals surface area contributed by atoms with Gasteiger partial charge in [-0.3, -0.25) is 9.59 Å². The lowest BCUT2D eigenvalue weighted by molar-refractivity contribution is -0.137. The van der Waals surface area contributed by atoms with Gasteiger partial charge in [0.25, 0.3) is 5.91 Å². The summed E-state index contributed by atoms with van der Waals surface area (Å²) in [5.74, 6) is -7.24. The Morgan fingerprint density at radius 3 is 2.45 bits per heavy atom. The summed E-state index contributed by atoms with van der Waals surface area (Å²) in [7, 11) is 1.33. The fraction of sp³-hybridized carbons (Fsp3) is 0.333. The molecule has 1 aromatic rings. The molecule has 1 aromatic carbocycles. The lowest BCUT2D eigenvalue weighted by Crippen LogP contribution is -2.38. The molecule has 5 nitrogen and oxygen atoms in total. The molecule has 110 valence electrons. The summed E-state index contributed by atoms with van der Waals surface area (Å²) in [6, 6.07) is 1.36. The summed E-state index contributed by atoms with van der Waals surface area (Å²) in [5, 5.41) is 8.68. The van der Waals surface area contributed by atoms with E-state index in [0.717, 1.165) is 11.0 Å². The van der Waals surface area contributed by atoms with E-state index in [1.807, 2.05) is 0 Å². The third-order valence-electron chi connectivity index (χ3n) is 2.44. The van der Waals surface area contributed by atoms with E-state index in [2.05, 4.69) is 0 Å². The van der Waals surface area contributed by atoms with E-state index in [9.17, 15) is 22.8 Å². The zero-order valence-corrected chi connectivity index (χ0v) is 10.5. The van der Waals surface area contributed by atoms with Crippen LogP contribution in [0.3, 0.4) is 0 Å². The Bertz CT molecular complexity index is 522. The molecule has 0 atom stereocenters. The zero-order chi connectivity index (χ0) is 15.3. The number of nitrogens with zero attached hydrogens (tertiary/aromatic N) is 1. The van der Waals surface area contributed by atoms with Crippen LogP contribution in [0.25, 0.3) is 0 Å². The first-order valence-corrected chi connectivity index (χ1v) is 5.52. The molecular weight excluding hydrogens is 279 g/mol. The molecule has 0 unspecified atom stereocenters. The number of hydrogen-bond donors (Lipinski definition) is 1. The molecule has 0 aliphatic heterocycles. The van der Waals surface area contributed by atoms with Gasteiger partial charge >= 0.3 is 5.97 Å². The maximum absolute atomic E-state index is 13.5. The fourth-order valence-electron chi connectivity index (χ4n) is 1.48. The number of carbonyl (C=O) groups excluding carboxylic acids is 1. The van der Waals surface area contributed by atoms with Crippen LogP contribution >= 0.6 is 0 Å². The molecule has 0 fully saturated rings. The maximum Gasteiger partial charge on any atom is 0.323 e. The molecule has 0 bridgehead atoms. The number of aliphatic carboxylic acids is 1. The van der Waals surface area contributed by atoms with E-state index in [1.165, 1.54) is 7.11 Å². The fourth-order valence-corrected chi connectivity index (χ4v) is 1.48. The predicted octanol–water partition coefficient (Wildman–Crippen LogP) is 1.28. The van der Waals surface area contributed by atoms with Crippen molar-refractivity contribution in [3.63, 3.8) is 0 Å². The van der Waals surface area contributed by atoms with Gasteiger partial charge in [-0.2, -0.15) is 0 Å². The highest BCUT2D eigenvalue weighted by Crippen LogP contribution is 2.17. The third kappa shape index (κ3) is 3.70. The van der Waals surface area contributed by atoms with Gasteiger partial charge in [-0.15, -0.1) is 0 Å². The van der Waals surface area contributed by atoms with Crippen molar-refractivity contribution in [2.75, 3.05) is 26.8 Å². The van der Waals surface area contributed by atoms with E-state index >= 15 is 0 Å². The van der Waals surface area contributed by atoms with Crippen molar-refractivity contribution in [2.45, 2.75) is 0 Å². The van der Waals surface area contributed by atoms with Gasteiger partial charge in [0, 0.05) is 13.7 Å². The van der Waals surface area contributed by atoms with E-state index in [1.54, 1.807) is 0 Å². The number of halogens is 3. The molecule has 20 heavy (non-hydrogen) atoms. The van der Waals surface area contributed by atoms with Crippen molar-refractivity contribution < 1.29 is 32.6 Å². The normalized spacial score (nSPS) is 10.4. The van der Waals surface area contributed by atoms with Gasteiger partial charge in [-0.25, -0.2) is 13.2 Å². The van der Waals surface area contributed by atoms with Gasteiger partial charge in [-0.05, 0) is 12.1 Å². The van der Waals surface area contributed by atoms with Crippen LogP contribution in [0, 0.1) is 17.5 Å². The molecule has 0 saturated heterocycles. The van der Waals surface area contributed by atoms with Gasteiger partial charge in [0.05, 0.1) is 12.2 Å². The average Bonchev–Trinajstić information content (AvgIpc) is 2.40. The lowest BCUT2D eigenvalue weighted by atomic mass is 10.1. The standard InChI is InChI=1S/C12H12F3NO4/c1-20-5-4-16(6-9(17)18)12(19)7-2-3-8(13)11(15)10(7)14/h2-3H,4-6H2,1H3,(H,17,18). The maximum atomic E-state index is 13.5.